The average Bonchev–Trinajstić information content (AvgIpc) is 2.27. The van der Waals surface area contributed by atoms with Crippen LogP contribution in [0.2, 0.25) is 0 Å². The Bertz CT molecular complexity index is 167. The summed E-state index contributed by atoms with van der Waals surface area (Å²) in [4.78, 5) is 0. The first-order valence-corrected chi connectivity index (χ1v) is 6.52. The number of hydrogen-bond donors (Lipinski definition) is 0. The van der Waals surface area contributed by atoms with Crippen LogP contribution in [-0.2, 0) is 0 Å². The molecular formula is C15H28. The van der Waals surface area contributed by atoms with Crippen LogP contribution >= 0.6 is 0 Å². The van der Waals surface area contributed by atoms with Gasteiger partial charge in [-0.25, -0.2) is 0 Å². The molecule has 0 aromatic rings. The zero-order valence-corrected chi connectivity index (χ0v) is 10.8. The Labute approximate surface area is 96.5 Å². The van der Waals surface area contributed by atoms with E-state index in [0.29, 0.717) is 0 Å². The SMILES string of the molecule is C=CCCC/C=C\CC(CC)C(C)CC. The Morgan fingerprint density at radius 1 is 1.07 bits per heavy atom. The lowest BCUT2D eigenvalue weighted by Gasteiger charge is -2.19. The monoisotopic (exact) mass is 208 g/mol. The molecule has 15 heavy (non-hydrogen) atoms. The average molecular weight is 208 g/mol. The molecule has 0 bridgehead atoms. The van der Waals surface area contributed by atoms with Crippen molar-refractivity contribution < 1.29 is 0 Å². The summed E-state index contributed by atoms with van der Waals surface area (Å²) in [6.45, 7) is 10.7. The molecule has 0 aliphatic heterocycles. The summed E-state index contributed by atoms with van der Waals surface area (Å²) in [6, 6.07) is 0. The van der Waals surface area contributed by atoms with Crippen molar-refractivity contribution in [1.82, 2.24) is 0 Å². The van der Waals surface area contributed by atoms with Crippen LogP contribution in [0.25, 0.3) is 0 Å². The number of allylic oxidation sites excluding steroid dienone is 3. The maximum Gasteiger partial charge on any atom is -0.0320 e. The maximum atomic E-state index is 3.73. The fraction of sp³-hybridized carbons (Fsp3) is 0.733. The van der Waals surface area contributed by atoms with E-state index in [1.165, 1.54) is 32.1 Å². The number of unbranched alkanes of at least 4 members (excludes halogenated alkanes) is 2. The van der Waals surface area contributed by atoms with Crippen LogP contribution < -0.4 is 0 Å². The molecule has 0 rings (SSSR count). The van der Waals surface area contributed by atoms with Crippen molar-refractivity contribution in [2.24, 2.45) is 11.8 Å². The van der Waals surface area contributed by atoms with Gasteiger partial charge in [0, 0.05) is 0 Å². The predicted molar refractivity (Wildman–Crippen MR) is 71.0 cm³/mol. The standard InChI is InChI=1S/C15H28/c1-5-8-9-10-11-12-13-15(7-3)14(4)6-2/h5,11-12,14-15H,1,6-10,13H2,2-4H3/b12-11-. The molecule has 0 radical (unpaired) electrons. The van der Waals surface area contributed by atoms with Crippen LogP contribution in [0, 0.1) is 11.8 Å². The molecule has 0 aliphatic carbocycles. The molecule has 88 valence electrons. The van der Waals surface area contributed by atoms with E-state index in [4.69, 9.17) is 0 Å². The van der Waals surface area contributed by atoms with Gasteiger partial charge in [-0.3, -0.25) is 0 Å². The molecule has 0 nitrogen and oxygen atoms in total. The molecule has 0 N–H and O–H groups in total. The van der Waals surface area contributed by atoms with Gasteiger partial charge in [-0.2, -0.15) is 0 Å². The highest BCUT2D eigenvalue weighted by atomic mass is 14.2. The first-order chi connectivity index (χ1) is 7.26. The van der Waals surface area contributed by atoms with E-state index in [-0.39, 0.29) is 0 Å². The van der Waals surface area contributed by atoms with Gasteiger partial charge >= 0.3 is 0 Å². The van der Waals surface area contributed by atoms with Crippen LogP contribution in [0.4, 0.5) is 0 Å². The van der Waals surface area contributed by atoms with Crippen molar-refractivity contribution in [1.29, 1.82) is 0 Å². The van der Waals surface area contributed by atoms with E-state index >= 15 is 0 Å². The Morgan fingerprint density at radius 2 is 1.80 bits per heavy atom. The van der Waals surface area contributed by atoms with E-state index in [1.807, 2.05) is 6.08 Å². The third kappa shape index (κ3) is 7.41. The molecule has 2 atom stereocenters. The van der Waals surface area contributed by atoms with Crippen molar-refractivity contribution in [3.05, 3.63) is 24.8 Å². The lowest BCUT2D eigenvalue weighted by atomic mass is 9.87. The molecular weight excluding hydrogens is 180 g/mol. The topological polar surface area (TPSA) is 0 Å². The largest absolute Gasteiger partial charge is 0.103 e. The fourth-order valence-electron chi connectivity index (χ4n) is 1.90. The molecule has 2 unspecified atom stereocenters. The summed E-state index contributed by atoms with van der Waals surface area (Å²) >= 11 is 0. The van der Waals surface area contributed by atoms with E-state index in [9.17, 15) is 0 Å². The highest BCUT2D eigenvalue weighted by Crippen LogP contribution is 2.22. The molecule has 0 aromatic heterocycles. The molecule has 0 aromatic carbocycles. The molecule has 0 fully saturated rings. The van der Waals surface area contributed by atoms with Gasteiger partial charge in [-0.05, 0) is 37.5 Å². The summed E-state index contributed by atoms with van der Waals surface area (Å²) in [5.74, 6) is 1.75. The number of hydrogen-bond acceptors (Lipinski definition) is 0. The molecule has 0 heterocycles. The molecule has 0 heteroatoms. The molecule has 0 spiro atoms. The number of rotatable bonds is 9. The minimum Gasteiger partial charge on any atom is -0.103 e. The second-order valence-electron chi connectivity index (χ2n) is 4.48. The van der Waals surface area contributed by atoms with E-state index < -0.39 is 0 Å². The predicted octanol–water partition coefficient (Wildman–Crippen LogP) is 5.36. The Hall–Kier alpha value is -0.520. The van der Waals surface area contributed by atoms with Gasteiger partial charge in [0.25, 0.3) is 0 Å². The first-order valence-electron chi connectivity index (χ1n) is 6.52. The minimum atomic E-state index is 0.868. The second-order valence-corrected chi connectivity index (χ2v) is 4.48. The molecule has 0 saturated heterocycles. The van der Waals surface area contributed by atoms with Gasteiger partial charge < -0.3 is 0 Å². The minimum absolute atomic E-state index is 0.868. The van der Waals surface area contributed by atoms with Crippen molar-refractivity contribution in [2.75, 3.05) is 0 Å². The molecule has 0 amide bonds. The van der Waals surface area contributed by atoms with E-state index in [2.05, 4.69) is 39.5 Å². The van der Waals surface area contributed by atoms with Crippen molar-refractivity contribution in [3.8, 4) is 0 Å². The highest BCUT2D eigenvalue weighted by molar-refractivity contribution is 4.85. The first kappa shape index (κ1) is 14.5. The van der Waals surface area contributed by atoms with Crippen molar-refractivity contribution >= 4 is 0 Å². The lowest BCUT2D eigenvalue weighted by Crippen LogP contribution is -2.08. The van der Waals surface area contributed by atoms with Crippen molar-refractivity contribution in [2.45, 2.75) is 59.3 Å². The summed E-state index contributed by atoms with van der Waals surface area (Å²) in [7, 11) is 0. The summed E-state index contributed by atoms with van der Waals surface area (Å²) in [5.41, 5.74) is 0. The van der Waals surface area contributed by atoms with Crippen LogP contribution in [0.5, 0.6) is 0 Å². The van der Waals surface area contributed by atoms with E-state index in [0.717, 1.165) is 18.3 Å². The molecule has 0 saturated carbocycles. The van der Waals surface area contributed by atoms with Crippen LogP contribution in [0.15, 0.2) is 24.8 Å². The van der Waals surface area contributed by atoms with Gasteiger partial charge in [0.15, 0.2) is 0 Å². The van der Waals surface area contributed by atoms with Crippen LogP contribution in [0.1, 0.15) is 59.3 Å². The van der Waals surface area contributed by atoms with Gasteiger partial charge in [-0.1, -0.05) is 51.8 Å². The summed E-state index contributed by atoms with van der Waals surface area (Å²) in [6.07, 6.45) is 14.2. The summed E-state index contributed by atoms with van der Waals surface area (Å²) < 4.78 is 0. The van der Waals surface area contributed by atoms with Crippen LogP contribution in [-0.4, -0.2) is 0 Å². The van der Waals surface area contributed by atoms with Crippen molar-refractivity contribution in [3.63, 3.8) is 0 Å². The van der Waals surface area contributed by atoms with Gasteiger partial charge in [0.2, 0.25) is 0 Å². The second kappa shape index (κ2) is 10.0. The highest BCUT2D eigenvalue weighted by Gasteiger charge is 2.11. The van der Waals surface area contributed by atoms with Gasteiger partial charge in [0.1, 0.15) is 0 Å². The third-order valence-electron chi connectivity index (χ3n) is 3.36. The van der Waals surface area contributed by atoms with Crippen LogP contribution in [0.3, 0.4) is 0 Å². The normalized spacial score (nSPS) is 15.4. The van der Waals surface area contributed by atoms with Gasteiger partial charge in [-0.15, -0.1) is 6.58 Å². The fourth-order valence-corrected chi connectivity index (χ4v) is 1.90. The lowest BCUT2D eigenvalue weighted by molar-refractivity contribution is 0.341. The van der Waals surface area contributed by atoms with E-state index in [1.54, 1.807) is 0 Å². The third-order valence-corrected chi connectivity index (χ3v) is 3.36. The van der Waals surface area contributed by atoms with Gasteiger partial charge in [0.05, 0.1) is 0 Å². The summed E-state index contributed by atoms with van der Waals surface area (Å²) in [5, 5.41) is 0. The quantitative estimate of drug-likeness (QED) is 0.353. The smallest absolute Gasteiger partial charge is 0.0320 e. The Morgan fingerprint density at radius 3 is 2.33 bits per heavy atom. The zero-order valence-electron chi connectivity index (χ0n) is 10.8. The molecule has 0 aliphatic rings. The Balaban J connectivity index is 3.65. The Kier molecular flexibility index (Phi) is 9.67. The maximum absolute atomic E-state index is 3.73. The zero-order chi connectivity index (χ0) is 11.5.